The van der Waals surface area contributed by atoms with Crippen molar-refractivity contribution in [3.63, 3.8) is 0 Å². The lowest BCUT2D eigenvalue weighted by atomic mass is 10.1. The van der Waals surface area contributed by atoms with E-state index in [1.54, 1.807) is 48.5 Å². The van der Waals surface area contributed by atoms with E-state index in [-0.39, 0.29) is 11.5 Å². The van der Waals surface area contributed by atoms with E-state index in [1.807, 2.05) is 0 Å². The second-order valence-corrected chi connectivity index (χ2v) is 7.18. The van der Waals surface area contributed by atoms with Crippen molar-refractivity contribution in [1.29, 1.82) is 0 Å². The molecule has 2 rings (SSSR count). The van der Waals surface area contributed by atoms with Crippen LogP contribution >= 0.6 is 15.9 Å². The van der Waals surface area contributed by atoms with Crippen molar-refractivity contribution in [1.82, 2.24) is 0 Å². The van der Waals surface area contributed by atoms with Gasteiger partial charge in [0.05, 0.1) is 4.90 Å². The highest BCUT2D eigenvalue weighted by Crippen LogP contribution is 2.19. The van der Waals surface area contributed by atoms with Crippen LogP contribution in [0.5, 0.6) is 0 Å². The third-order valence-corrected chi connectivity index (χ3v) is 4.88. The number of aliphatic hydroxyl groups is 1. The van der Waals surface area contributed by atoms with Crippen LogP contribution in [0.1, 0.15) is 12.0 Å². The molecule has 0 aromatic heterocycles. The topological polar surface area (TPSA) is 66.4 Å². The second kappa shape index (κ2) is 7.06. The zero-order valence-corrected chi connectivity index (χ0v) is 13.7. The summed E-state index contributed by atoms with van der Waals surface area (Å²) in [5.74, 6) is 0. The van der Waals surface area contributed by atoms with Gasteiger partial charge in [0, 0.05) is 16.8 Å². The molecule has 4 nitrogen and oxygen atoms in total. The number of rotatable bonds is 6. The normalized spacial score (nSPS) is 11.3. The Labute approximate surface area is 133 Å². The van der Waals surface area contributed by atoms with Crippen molar-refractivity contribution in [3.05, 3.63) is 58.6 Å². The Hall–Kier alpha value is -1.37. The Bertz CT molecular complexity index is 682. The summed E-state index contributed by atoms with van der Waals surface area (Å²) >= 11 is 3.30. The number of benzene rings is 2. The van der Waals surface area contributed by atoms with E-state index >= 15 is 0 Å². The molecule has 0 radical (unpaired) electrons. The summed E-state index contributed by atoms with van der Waals surface area (Å²) in [5.41, 5.74) is 1.52. The zero-order chi connectivity index (χ0) is 15.3. The van der Waals surface area contributed by atoms with Gasteiger partial charge < -0.3 is 5.11 Å². The first-order valence-corrected chi connectivity index (χ1v) is 8.77. The third kappa shape index (κ3) is 4.56. The van der Waals surface area contributed by atoms with Crippen LogP contribution in [0, 0.1) is 0 Å². The van der Waals surface area contributed by atoms with E-state index in [9.17, 15) is 8.42 Å². The molecule has 2 N–H and O–H groups in total. The average Bonchev–Trinajstić information content (AvgIpc) is 2.48. The minimum atomic E-state index is -3.58. The summed E-state index contributed by atoms with van der Waals surface area (Å²) in [6, 6.07) is 13.6. The number of hydrogen-bond donors (Lipinski definition) is 2. The lowest BCUT2D eigenvalue weighted by molar-refractivity contribution is 0.288. The number of anilines is 1. The maximum absolute atomic E-state index is 12.2. The van der Waals surface area contributed by atoms with E-state index in [2.05, 4.69) is 20.7 Å². The fourth-order valence-corrected chi connectivity index (χ4v) is 3.17. The van der Waals surface area contributed by atoms with Gasteiger partial charge in [0.1, 0.15) is 0 Å². The van der Waals surface area contributed by atoms with Gasteiger partial charge in [0.25, 0.3) is 10.0 Å². The Morgan fingerprint density at radius 1 is 1.00 bits per heavy atom. The first-order valence-electron chi connectivity index (χ1n) is 6.49. The van der Waals surface area contributed by atoms with Crippen LogP contribution in [0.2, 0.25) is 0 Å². The van der Waals surface area contributed by atoms with E-state index in [0.29, 0.717) is 12.1 Å². The first-order chi connectivity index (χ1) is 10.0. The van der Waals surface area contributed by atoms with Crippen molar-refractivity contribution in [2.75, 3.05) is 11.3 Å². The molecule has 0 saturated carbocycles. The molecule has 0 unspecified atom stereocenters. The standard InChI is InChI=1S/C15H16BrNO3S/c16-13-5-7-14(8-6-13)17-21(19,20)15-9-3-12(4-10-15)2-1-11-18/h3-10,17-18H,1-2,11H2. The monoisotopic (exact) mass is 369 g/mol. The molecule has 0 aliphatic carbocycles. The van der Waals surface area contributed by atoms with Crippen molar-refractivity contribution < 1.29 is 13.5 Å². The molecule has 0 spiro atoms. The molecule has 0 bridgehead atoms. The van der Waals surface area contributed by atoms with Crippen LogP contribution in [-0.4, -0.2) is 20.1 Å². The molecule has 6 heteroatoms. The lowest BCUT2D eigenvalue weighted by Gasteiger charge is -2.09. The second-order valence-electron chi connectivity index (χ2n) is 4.58. The molecule has 112 valence electrons. The van der Waals surface area contributed by atoms with Crippen molar-refractivity contribution >= 4 is 31.6 Å². The number of halogens is 1. The maximum atomic E-state index is 12.2. The zero-order valence-electron chi connectivity index (χ0n) is 11.3. The fourth-order valence-electron chi connectivity index (χ4n) is 1.85. The van der Waals surface area contributed by atoms with Gasteiger partial charge in [-0.25, -0.2) is 8.42 Å². The van der Waals surface area contributed by atoms with E-state index in [4.69, 9.17) is 5.11 Å². The van der Waals surface area contributed by atoms with Crippen molar-refractivity contribution in [2.24, 2.45) is 0 Å². The van der Waals surface area contributed by atoms with E-state index in [0.717, 1.165) is 16.5 Å². The van der Waals surface area contributed by atoms with Crippen LogP contribution < -0.4 is 4.72 Å². The maximum Gasteiger partial charge on any atom is 0.261 e. The third-order valence-electron chi connectivity index (χ3n) is 2.95. The Morgan fingerprint density at radius 2 is 1.62 bits per heavy atom. The van der Waals surface area contributed by atoms with Gasteiger partial charge in [-0.15, -0.1) is 0 Å². The number of hydrogen-bond acceptors (Lipinski definition) is 3. The summed E-state index contributed by atoms with van der Waals surface area (Å²) in [6.07, 6.45) is 1.40. The van der Waals surface area contributed by atoms with Crippen LogP contribution in [0.15, 0.2) is 57.9 Å². The molecular weight excluding hydrogens is 354 g/mol. The largest absolute Gasteiger partial charge is 0.396 e. The number of aryl methyl sites for hydroxylation is 1. The SMILES string of the molecule is O=S(=O)(Nc1ccc(Br)cc1)c1ccc(CCCO)cc1. The van der Waals surface area contributed by atoms with E-state index in [1.165, 1.54) is 0 Å². The Morgan fingerprint density at radius 3 is 2.19 bits per heavy atom. The smallest absolute Gasteiger partial charge is 0.261 e. The summed E-state index contributed by atoms with van der Waals surface area (Å²) in [5, 5.41) is 8.79. The van der Waals surface area contributed by atoms with Crippen molar-refractivity contribution in [2.45, 2.75) is 17.7 Å². The molecule has 0 heterocycles. The van der Waals surface area contributed by atoms with E-state index < -0.39 is 10.0 Å². The van der Waals surface area contributed by atoms with Crippen LogP contribution in [0.25, 0.3) is 0 Å². The predicted molar refractivity (Wildman–Crippen MR) is 86.8 cm³/mol. The molecule has 2 aromatic carbocycles. The minimum Gasteiger partial charge on any atom is -0.396 e. The van der Waals surface area contributed by atoms with Gasteiger partial charge in [-0.05, 0) is 54.8 Å². The highest BCUT2D eigenvalue weighted by molar-refractivity contribution is 9.10. The molecule has 0 saturated heterocycles. The molecule has 0 amide bonds. The fraction of sp³-hybridized carbons (Fsp3) is 0.200. The molecule has 0 atom stereocenters. The number of aliphatic hydroxyl groups excluding tert-OH is 1. The predicted octanol–water partition coefficient (Wildman–Crippen LogP) is 3.17. The molecule has 0 aliphatic heterocycles. The quantitative estimate of drug-likeness (QED) is 0.821. The average molecular weight is 370 g/mol. The molecule has 2 aromatic rings. The summed E-state index contributed by atoms with van der Waals surface area (Å²) in [7, 11) is -3.58. The molecule has 21 heavy (non-hydrogen) atoms. The molecule has 0 fully saturated rings. The highest BCUT2D eigenvalue weighted by atomic mass is 79.9. The van der Waals surface area contributed by atoms with Gasteiger partial charge in [-0.1, -0.05) is 28.1 Å². The summed E-state index contributed by atoms with van der Waals surface area (Å²) in [6.45, 7) is 0.130. The summed E-state index contributed by atoms with van der Waals surface area (Å²) in [4.78, 5) is 0.221. The van der Waals surface area contributed by atoms with Crippen molar-refractivity contribution in [3.8, 4) is 0 Å². The van der Waals surface area contributed by atoms with Gasteiger partial charge >= 0.3 is 0 Å². The number of sulfonamides is 1. The van der Waals surface area contributed by atoms with Gasteiger partial charge in [0.15, 0.2) is 0 Å². The van der Waals surface area contributed by atoms with Gasteiger partial charge in [-0.2, -0.15) is 0 Å². The molecule has 0 aliphatic rings. The first kappa shape index (κ1) is 16.0. The van der Waals surface area contributed by atoms with Gasteiger partial charge in [-0.3, -0.25) is 4.72 Å². The highest BCUT2D eigenvalue weighted by Gasteiger charge is 2.13. The minimum absolute atomic E-state index is 0.130. The summed E-state index contributed by atoms with van der Waals surface area (Å²) < 4.78 is 27.9. The Kier molecular flexibility index (Phi) is 5.39. The van der Waals surface area contributed by atoms with Crippen LogP contribution in [0.4, 0.5) is 5.69 Å². The van der Waals surface area contributed by atoms with Gasteiger partial charge in [0.2, 0.25) is 0 Å². The Balaban J connectivity index is 2.13. The van der Waals surface area contributed by atoms with Crippen LogP contribution in [-0.2, 0) is 16.4 Å². The van der Waals surface area contributed by atoms with Crippen LogP contribution in [0.3, 0.4) is 0 Å². The number of nitrogens with one attached hydrogen (secondary N) is 1. The molecular formula is C15H16BrNO3S. The lowest BCUT2D eigenvalue weighted by Crippen LogP contribution is -2.12.